The van der Waals surface area contributed by atoms with Crippen molar-refractivity contribution in [3.63, 3.8) is 0 Å². The molecule has 0 saturated heterocycles. The van der Waals surface area contributed by atoms with E-state index in [1.54, 1.807) is 11.3 Å². The minimum Gasteiger partial charge on any atom is -0.388 e. The summed E-state index contributed by atoms with van der Waals surface area (Å²) in [6.45, 7) is 8.18. The molecule has 1 rings (SSSR count). The fraction of sp³-hybridized carbons (Fsp3) is 0.692. The van der Waals surface area contributed by atoms with Crippen LogP contribution in [0.25, 0.3) is 0 Å². The Morgan fingerprint density at radius 2 is 2.22 bits per heavy atom. The molecule has 0 spiro atoms. The molecular formula is C13H23BrN2OS. The monoisotopic (exact) mass is 334 g/mol. The Labute approximate surface area is 122 Å². The Bertz CT molecular complexity index is 366. The summed E-state index contributed by atoms with van der Waals surface area (Å²) in [4.78, 5) is 2.15. The van der Waals surface area contributed by atoms with Crippen molar-refractivity contribution in [1.29, 1.82) is 0 Å². The minimum absolute atomic E-state index is 0.398. The Hall–Kier alpha value is 0.0600. The zero-order valence-corrected chi connectivity index (χ0v) is 13.9. The zero-order chi connectivity index (χ0) is 13.8. The number of thiophene rings is 1. The van der Waals surface area contributed by atoms with Gasteiger partial charge in [-0.05, 0) is 46.9 Å². The molecule has 0 aliphatic heterocycles. The number of nitrogens with zero attached hydrogens (tertiary/aromatic N) is 1. The lowest BCUT2D eigenvalue weighted by atomic mass is 10.1. The second kappa shape index (κ2) is 7.01. The smallest absolute Gasteiger partial charge is 0.0869 e. The van der Waals surface area contributed by atoms with Crippen molar-refractivity contribution in [3.8, 4) is 0 Å². The summed E-state index contributed by atoms with van der Waals surface area (Å²) in [6, 6.07) is 2.53. The molecule has 18 heavy (non-hydrogen) atoms. The van der Waals surface area contributed by atoms with E-state index < -0.39 is 5.60 Å². The van der Waals surface area contributed by atoms with Crippen molar-refractivity contribution in [2.75, 3.05) is 20.1 Å². The maximum atomic E-state index is 10.3. The standard InChI is InChI=1S/C13H23BrN2OS/c1-10(2)15-8-13(3,17)9-16(4)6-11-5-12(14)18-7-11/h5,7,10,15,17H,6,8-9H2,1-4H3. The predicted octanol–water partition coefficient (Wildman–Crippen LogP) is 2.69. The maximum absolute atomic E-state index is 10.3. The minimum atomic E-state index is -0.702. The third kappa shape index (κ3) is 6.29. The van der Waals surface area contributed by atoms with Gasteiger partial charge in [0.25, 0.3) is 0 Å². The Balaban J connectivity index is 2.40. The maximum Gasteiger partial charge on any atom is 0.0869 e. The van der Waals surface area contributed by atoms with E-state index in [0.29, 0.717) is 19.1 Å². The van der Waals surface area contributed by atoms with E-state index in [9.17, 15) is 5.11 Å². The molecule has 0 aliphatic rings. The fourth-order valence-electron chi connectivity index (χ4n) is 1.86. The first-order chi connectivity index (χ1) is 8.28. The number of halogens is 1. The first kappa shape index (κ1) is 16.1. The quantitative estimate of drug-likeness (QED) is 0.804. The van der Waals surface area contributed by atoms with Crippen LogP contribution in [0.15, 0.2) is 15.2 Å². The fourth-order valence-corrected chi connectivity index (χ4v) is 3.06. The normalized spacial score (nSPS) is 15.3. The topological polar surface area (TPSA) is 35.5 Å². The van der Waals surface area contributed by atoms with Gasteiger partial charge in [0.05, 0.1) is 9.39 Å². The highest BCUT2D eigenvalue weighted by Crippen LogP contribution is 2.21. The highest BCUT2D eigenvalue weighted by atomic mass is 79.9. The van der Waals surface area contributed by atoms with Gasteiger partial charge < -0.3 is 10.4 Å². The van der Waals surface area contributed by atoms with E-state index in [0.717, 1.165) is 10.3 Å². The SMILES string of the molecule is CC(C)NCC(C)(O)CN(C)Cc1csc(Br)c1. The lowest BCUT2D eigenvalue weighted by Gasteiger charge is -2.30. The van der Waals surface area contributed by atoms with Crippen molar-refractivity contribution in [1.82, 2.24) is 10.2 Å². The third-order valence-electron chi connectivity index (χ3n) is 2.58. The van der Waals surface area contributed by atoms with Crippen LogP contribution < -0.4 is 5.32 Å². The molecule has 104 valence electrons. The van der Waals surface area contributed by atoms with Gasteiger partial charge in [0.1, 0.15) is 0 Å². The van der Waals surface area contributed by atoms with Gasteiger partial charge in [-0.1, -0.05) is 13.8 Å². The highest BCUT2D eigenvalue weighted by molar-refractivity contribution is 9.11. The van der Waals surface area contributed by atoms with Gasteiger partial charge in [-0.15, -0.1) is 11.3 Å². The van der Waals surface area contributed by atoms with Crippen molar-refractivity contribution in [2.45, 2.75) is 39.0 Å². The molecule has 0 aromatic carbocycles. The van der Waals surface area contributed by atoms with Crippen LogP contribution in [0.3, 0.4) is 0 Å². The van der Waals surface area contributed by atoms with Crippen LogP contribution in [-0.4, -0.2) is 41.8 Å². The Morgan fingerprint density at radius 1 is 1.56 bits per heavy atom. The molecule has 0 radical (unpaired) electrons. The summed E-state index contributed by atoms with van der Waals surface area (Å²) in [7, 11) is 2.04. The molecule has 1 aromatic rings. The van der Waals surface area contributed by atoms with Crippen molar-refractivity contribution < 1.29 is 5.11 Å². The summed E-state index contributed by atoms with van der Waals surface area (Å²) in [6.07, 6.45) is 0. The van der Waals surface area contributed by atoms with E-state index in [4.69, 9.17) is 0 Å². The number of nitrogens with one attached hydrogen (secondary N) is 1. The van der Waals surface area contributed by atoms with Crippen LogP contribution in [0.1, 0.15) is 26.3 Å². The van der Waals surface area contributed by atoms with E-state index in [1.807, 2.05) is 14.0 Å². The lowest BCUT2D eigenvalue weighted by Crippen LogP contribution is -2.47. The van der Waals surface area contributed by atoms with Crippen LogP contribution in [-0.2, 0) is 6.54 Å². The molecule has 0 bridgehead atoms. The summed E-state index contributed by atoms with van der Waals surface area (Å²) >= 11 is 5.16. The van der Waals surface area contributed by atoms with E-state index in [2.05, 4.69) is 51.4 Å². The van der Waals surface area contributed by atoms with Crippen LogP contribution in [0.4, 0.5) is 0 Å². The number of likely N-dealkylation sites (N-methyl/N-ethyl adjacent to an activating group) is 1. The lowest BCUT2D eigenvalue weighted by molar-refractivity contribution is 0.0240. The molecule has 1 heterocycles. The molecule has 0 saturated carbocycles. The van der Waals surface area contributed by atoms with Gasteiger partial charge in [0.2, 0.25) is 0 Å². The average Bonchev–Trinajstić information content (AvgIpc) is 2.60. The van der Waals surface area contributed by atoms with Gasteiger partial charge in [0, 0.05) is 25.7 Å². The molecule has 0 aliphatic carbocycles. The number of rotatable bonds is 7. The second-order valence-corrected chi connectivity index (χ2v) is 7.75. The van der Waals surface area contributed by atoms with Gasteiger partial charge in [-0.3, -0.25) is 4.90 Å². The first-order valence-electron chi connectivity index (χ1n) is 6.16. The molecule has 3 nitrogen and oxygen atoms in total. The van der Waals surface area contributed by atoms with Crippen molar-refractivity contribution in [2.24, 2.45) is 0 Å². The van der Waals surface area contributed by atoms with Crippen LogP contribution in [0.2, 0.25) is 0 Å². The van der Waals surface area contributed by atoms with Crippen molar-refractivity contribution >= 4 is 27.3 Å². The molecule has 1 aromatic heterocycles. The molecule has 1 unspecified atom stereocenters. The van der Waals surface area contributed by atoms with Gasteiger partial charge in [-0.25, -0.2) is 0 Å². The summed E-state index contributed by atoms with van der Waals surface area (Å²) in [5, 5.41) is 15.7. The zero-order valence-electron chi connectivity index (χ0n) is 11.5. The summed E-state index contributed by atoms with van der Waals surface area (Å²) in [5.41, 5.74) is 0.578. The molecule has 0 fully saturated rings. The van der Waals surface area contributed by atoms with E-state index in [1.165, 1.54) is 5.56 Å². The second-order valence-electron chi connectivity index (χ2n) is 5.46. The molecule has 5 heteroatoms. The molecule has 2 N–H and O–H groups in total. The molecular weight excluding hydrogens is 312 g/mol. The number of hydrogen-bond donors (Lipinski definition) is 2. The van der Waals surface area contributed by atoms with Gasteiger partial charge in [0.15, 0.2) is 0 Å². The third-order valence-corrected chi connectivity index (χ3v) is 4.13. The Morgan fingerprint density at radius 3 is 2.72 bits per heavy atom. The van der Waals surface area contributed by atoms with E-state index in [-0.39, 0.29) is 0 Å². The molecule has 1 atom stereocenters. The molecule has 0 amide bonds. The highest BCUT2D eigenvalue weighted by Gasteiger charge is 2.22. The summed E-state index contributed by atoms with van der Waals surface area (Å²) in [5.74, 6) is 0. The van der Waals surface area contributed by atoms with Gasteiger partial charge >= 0.3 is 0 Å². The van der Waals surface area contributed by atoms with Crippen LogP contribution in [0.5, 0.6) is 0 Å². The Kier molecular flexibility index (Phi) is 6.27. The first-order valence-corrected chi connectivity index (χ1v) is 7.83. The largest absolute Gasteiger partial charge is 0.388 e. The van der Waals surface area contributed by atoms with E-state index >= 15 is 0 Å². The number of aliphatic hydroxyl groups is 1. The van der Waals surface area contributed by atoms with Gasteiger partial charge in [-0.2, -0.15) is 0 Å². The predicted molar refractivity (Wildman–Crippen MR) is 82.1 cm³/mol. The number of hydrogen-bond acceptors (Lipinski definition) is 4. The van der Waals surface area contributed by atoms with Crippen LogP contribution in [0, 0.1) is 0 Å². The van der Waals surface area contributed by atoms with Crippen molar-refractivity contribution in [3.05, 3.63) is 20.8 Å². The summed E-state index contributed by atoms with van der Waals surface area (Å²) < 4.78 is 1.15. The van der Waals surface area contributed by atoms with Crippen LogP contribution >= 0.6 is 27.3 Å². The average molecular weight is 335 g/mol.